The van der Waals surface area contributed by atoms with Crippen molar-refractivity contribution < 1.29 is 14.6 Å². The number of hydrogen-bond donors (Lipinski definition) is 3. The third kappa shape index (κ3) is 3.42. The average Bonchev–Trinajstić information content (AvgIpc) is 2.61. The predicted molar refractivity (Wildman–Crippen MR) is 105 cm³/mol. The van der Waals surface area contributed by atoms with E-state index in [1.165, 1.54) is 6.42 Å². The topological polar surface area (TPSA) is 70.6 Å². The van der Waals surface area contributed by atoms with E-state index < -0.39 is 0 Å². The van der Waals surface area contributed by atoms with Crippen LogP contribution >= 0.6 is 0 Å². The Bertz CT molecular complexity index is 725. The van der Waals surface area contributed by atoms with E-state index in [2.05, 4.69) is 31.4 Å². The van der Waals surface area contributed by atoms with E-state index in [-0.39, 0.29) is 29.2 Å². The number of hydrogen-bond acceptors (Lipinski definition) is 4. The molecule has 2 heterocycles. The Hall–Kier alpha value is -1.75. The SMILES string of the molecule is C[C@@H]1CC[C@@H]2[C@@H](C1)c1c(ccc(C(=O)NC3CCNCC3)c1O)OC2(C)C. The van der Waals surface area contributed by atoms with Crippen molar-refractivity contribution in [3.8, 4) is 11.5 Å². The Labute approximate surface area is 161 Å². The number of aromatic hydroxyl groups is 1. The van der Waals surface area contributed by atoms with Crippen LogP contribution in [0.2, 0.25) is 0 Å². The number of phenolic OH excluding ortho intramolecular Hbond substituents is 1. The lowest BCUT2D eigenvalue weighted by Gasteiger charge is -2.48. The second-order valence-corrected chi connectivity index (χ2v) is 9.21. The average molecular weight is 373 g/mol. The van der Waals surface area contributed by atoms with E-state index in [1.807, 2.05) is 6.07 Å². The molecule has 148 valence electrons. The van der Waals surface area contributed by atoms with Crippen molar-refractivity contribution >= 4 is 5.91 Å². The van der Waals surface area contributed by atoms with E-state index >= 15 is 0 Å². The molecule has 1 aliphatic carbocycles. The largest absolute Gasteiger partial charge is 0.507 e. The monoisotopic (exact) mass is 372 g/mol. The first kappa shape index (κ1) is 18.6. The molecule has 2 fully saturated rings. The van der Waals surface area contributed by atoms with Crippen LogP contribution in [0.1, 0.15) is 74.7 Å². The Morgan fingerprint density at radius 3 is 2.70 bits per heavy atom. The predicted octanol–water partition coefficient (Wildman–Crippen LogP) is 3.56. The smallest absolute Gasteiger partial charge is 0.255 e. The highest BCUT2D eigenvalue weighted by Crippen LogP contribution is 2.55. The standard InChI is InChI=1S/C22H32N2O3/c1-13-4-6-17-16(12-13)19-18(27-22(17,2)3)7-5-15(20(19)25)21(26)24-14-8-10-23-11-9-14/h5,7,13-14,16-17,23,25H,4,6,8-12H2,1-3H3,(H,24,26)/t13-,16-,17-/m1/s1. The van der Waals surface area contributed by atoms with Crippen LogP contribution in [0.4, 0.5) is 0 Å². The number of piperidine rings is 1. The van der Waals surface area contributed by atoms with Crippen LogP contribution in [0.3, 0.4) is 0 Å². The molecule has 4 rings (SSSR count). The van der Waals surface area contributed by atoms with Crippen molar-refractivity contribution in [3.63, 3.8) is 0 Å². The summed E-state index contributed by atoms with van der Waals surface area (Å²) in [6.07, 6.45) is 5.19. The van der Waals surface area contributed by atoms with Gasteiger partial charge in [-0.1, -0.05) is 13.3 Å². The molecule has 2 aliphatic heterocycles. The third-order valence-corrected chi connectivity index (χ3v) is 6.85. The van der Waals surface area contributed by atoms with Gasteiger partial charge < -0.3 is 20.5 Å². The maximum absolute atomic E-state index is 12.8. The molecule has 0 radical (unpaired) electrons. The normalized spacial score (nSPS) is 30.0. The first-order valence-electron chi connectivity index (χ1n) is 10.4. The number of benzene rings is 1. The van der Waals surface area contributed by atoms with Gasteiger partial charge in [-0.15, -0.1) is 0 Å². The summed E-state index contributed by atoms with van der Waals surface area (Å²) in [4.78, 5) is 12.8. The number of amides is 1. The summed E-state index contributed by atoms with van der Waals surface area (Å²) in [6, 6.07) is 3.77. The van der Waals surface area contributed by atoms with Gasteiger partial charge in [0.15, 0.2) is 0 Å². The lowest BCUT2D eigenvalue weighted by molar-refractivity contribution is -0.0145. The molecule has 1 aromatic rings. The maximum atomic E-state index is 12.8. The number of carbonyl (C=O) groups is 1. The summed E-state index contributed by atoms with van der Waals surface area (Å²) in [6.45, 7) is 8.43. The Kier molecular flexibility index (Phi) is 4.83. The molecule has 1 amide bonds. The van der Waals surface area contributed by atoms with Gasteiger partial charge in [-0.05, 0) is 76.6 Å². The minimum Gasteiger partial charge on any atom is -0.507 e. The van der Waals surface area contributed by atoms with Crippen molar-refractivity contribution in [1.29, 1.82) is 0 Å². The van der Waals surface area contributed by atoms with E-state index in [1.54, 1.807) is 6.07 Å². The van der Waals surface area contributed by atoms with Gasteiger partial charge in [0.2, 0.25) is 0 Å². The zero-order valence-corrected chi connectivity index (χ0v) is 16.7. The second kappa shape index (κ2) is 7.01. The molecule has 0 spiro atoms. The van der Waals surface area contributed by atoms with Gasteiger partial charge >= 0.3 is 0 Å². The first-order chi connectivity index (χ1) is 12.9. The van der Waals surface area contributed by atoms with Crippen LogP contribution in [-0.2, 0) is 0 Å². The zero-order valence-electron chi connectivity index (χ0n) is 16.7. The van der Waals surface area contributed by atoms with Crippen LogP contribution < -0.4 is 15.4 Å². The lowest BCUT2D eigenvalue weighted by Crippen LogP contribution is -2.47. The molecular weight excluding hydrogens is 340 g/mol. The molecular formula is C22H32N2O3. The summed E-state index contributed by atoms with van der Waals surface area (Å²) >= 11 is 0. The van der Waals surface area contributed by atoms with E-state index in [0.29, 0.717) is 17.4 Å². The second-order valence-electron chi connectivity index (χ2n) is 9.21. The van der Waals surface area contributed by atoms with Crippen molar-refractivity contribution in [2.75, 3.05) is 13.1 Å². The fourth-order valence-corrected chi connectivity index (χ4v) is 5.34. The van der Waals surface area contributed by atoms with E-state index in [0.717, 1.165) is 50.1 Å². The van der Waals surface area contributed by atoms with E-state index in [9.17, 15) is 9.90 Å². The molecule has 3 aliphatic rings. The summed E-state index contributed by atoms with van der Waals surface area (Å²) in [5.74, 6) is 1.94. The molecule has 0 aromatic heterocycles. The van der Waals surface area contributed by atoms with Gasteiger partial charge in [-0.2, -0.15) is 0 Å². The van der Waals surface area contributed by atoms with Crippen molar-refractivity contribution in [2.45, 2.75) is 70.4 Å². The van der Waals surface area contributed by atoms with Gasteiger partial charge in [0.05, 0.1) is 5.56 Å². The number of ether oxygens (including phenoxy) is 1. The highest BCUT2D eigenvalue weighted by Gasteiger charge is 2.47. The van der Waals surface area contributed by atoms with Gasteiger partial charge in [0.25, 0.3) is 5.91 Å². The van der Waals surface area contributed by atoms with Gasteiger partial charge in [0, 0.05) is 17.5 Å². The van der Waals surface area contributed by atoms with Crippen LogP contribution in [0.5, 0.6) is 11.5 Å². The van der Waals surface area contributed by atoms with E-state index in [4.69, 9.17) is 4.74 Å². The maximum Gasteiger partial charge on any atom is 0.255 e. The summed E-state index contributed by atoms with van der Waals surface area (Å²) < 4.78 is 6.29. The summed E-state index contributed by atoms with van der Waals surface area (Å²) in [7, 11) is 0. The first-order valence-corrected chi connectivity index (χ1v) is 10.4. The number of carbonyl (C=O) groups excluding carboxylic acids is 1. The Morgan fingerprint density at radius 1 is 1.22 bits per heavy atom. The van der Waals surface area contributed by atoms with Gasteiger partial charge in [-0.25, -0.2) is 0 Å². The molecule has 3 atom stereocenters. The molecule has 0 bridgehead atoms. The van der Waals surface area contributed by atoms with Crippen LogP contribution in [0.15, 0.2) is 12.1 Å². The van der Waals surface area contributed by atoms with Crippen LogP contribution in [0.25, 0.3) is 0 Å². The van der Waals surface area contributed by atoms with Crippen molar-refractivity contribution in [2.24, 2.45) is 11.8 Å². The molecule has 0 unspecified atom stereocenters. The van der Waals surface area contributed by atoms with Gasteiger partial charge in [-0.3, -0.25) is 4.79 Å². The lowest BCUT2D eigenvalue weighted by atomic mass is 9.64. The number of phenols is 1. The number of nitrogens with one attached hydrogen (secondary N) is 2. The zero-order chi connectivity index (χ0) is 19.2. The molecule has 27 heavy (non-hydrogen) atoms. The summed E-state index contributed by atoms with van der Waals surface area (Å²) in [5, 5.41) is 17.5. The molecule has 5 heteroatoms. The fourth-order valence-electron chi connectivity index (χ4n) is 5.34. The number of fused-ring (bicyclic) bond motifs is 3. The highest BCUT2D eigenvalue weighted by molar-refractivity contribution is 5.98. The number of rotatable bonds is 2. The van der Waals surface area contributed by atoms with Crippen LogP contribution in [-0.4, -0.2) is 35.7 Å². The van der Waals surface area contributed by atoms with Crippen LogP contribution in [0, 0.1) is 11.8 Å². The quantitative estimate of drug-likeness (QED) is 0.742. The Morgan fingerprint density at radius 2 is 1.96 bits per heavy atom. The van der Waals surface area contributed by atoms with Crippen molar-refractivity contribution in [3.05, 3.63) is 23.3 Å². The molecule has 1 saturated heterocycles. The Balaban J connectivity index is 1.66. The summed E-state index contributed by atoms with van der Waals surface area (Å²) in [5.41, 5.74) is 0.986. The fraction of sp³-hybridized carbons (Fsp3) is 0.682. The van der Waals surface area contributed by atoms with Gasteiger partial charge in [0.1, 0.15) is 17.1 Å². The molecule has 1 saturated carbocycles. The minimum absolute atomic E-state index is 0.124. The molecule has 1 aromatic carbocycles. The van der Waals surface area contributed by atoms with Crippen molar-refractivity contribution in [1.82, 2.24) is 10.6 Å². The minimum atomic E-state index is -0.247. The molecule has 5 nitrogen and oxygen atoms in total. The highest BCUT2D eigenvalue weighted by atomic mass is 16.5. The third-order valence-electron chi connectivity index (χ3n) is 6.85. The molecule has 3 N–H and O–H groups in total.